The van der Waals surface area contributed by atoms with Crippen LogP contribution in [-0.2, 0) is 6.54 Å². The molecule has 0 aliphatic carbocycles. The highest BCUT2D eigenvalue weighted by atomic mass is 19.3. The lowest BCUT2D eigenvalue weighted by molar-refractivity contribution is 0.150. The maximum Gasteiger partial charge on any atom is 0.265 e. The average molecular weight is 188 g/mol. The zero-order chi connectivity index (χ0) is 10.0. The van der Waals surface area contributed by atoms with E-state index in [0.717, 1.165) is 6.07 Å². The van der Waals surface area contributed by atoms with Crippen molar-refractivity contribution in [3.8, 4) is 0 Å². The molecular formula is C7H10F2N4. The van der Waals surface area contributed by atoms with E-state index in [1.54, 1.807) is 0 Å². The van der Waals surface area contributed by atoms with Gasteiger partial charge in [-0.3, -0.25) is 0 Å². The molecule has 0 saturated carbocycles. The highest BCUT2D eigenvalue weighted by molar-refractivity contribution is 5.60. The Bertz CT molecular complexity index is 314. The van der Waals surface area contributed by atoms with E-state index in [-0.39, 0.29) is 29.3 Å². The summed E-state index contributed by atoms with van der Waals surface area (Å²) in [5.74, 6) is 0.0323. The van der Waals surface area contributed by atoms with Gasteiger partial charge in [-0.05, 0) is 6.07 Å². The number of hydrogen-bond acceptors (Lipinski definition) is 4. The molecule has 0 aliphatic heterocycles. The van der Waals surface area contributed by atoms with Gasteiger partial charge < -0.3 is 17.2 Å². The molecule has 0 amide bonds. The normalized spacial score (nSPS) is 10.8. The van der Waals surface area contributed by atoms with E-state index < -0.39 is 6.43 Å². The molecule has 1 heterocycles. The molecule has 0 fully saturated rings. The molecule has 0 unspecified atom stereocenters. The predicted octanol–water partition coefficient (Wildman–Crippen LogP) is 0.642. The number of anilines is 2. The summed E-state index contributed by atoms with van der Waals surface area (Å²) < 4.78 is 24.7. The largest absolute Gasteiger partial charge is 0.396 e. The zero-order valence-electron chi connectivity index (χ0n) is 6.80. The Morgan fingerprint density at radius 2 is 2.00 bits per heavy atom. The van der Waals surface area contributed by atoms with Gasteiger partial charge in [0.25, 0.3) is 6.43 Å². The van der Waals surface area contributed by atoms with E-state index in [9.17, 15) is 8.78 Å². The quantitative estimate of drug-likeness (QED) is 0.635. The van der Waals surface area contributed by atoms with Crippen molar-refractivity contribution >= 4 is 11.5 Å². The summed E-state index contributed by atoms with van der Waals surface area (Å²) in [6.45, 7) is -0.0792. The Kier molecular flexibility index (Phi) is 2.62. The molecule has 0 bridgehead atoms. The minimum absolute atomic E-state index is 0.0323. The Morgan fingerprint density at radius 3 is 2.46 bits per heavy atom. The predicted molar refractivity (Wildman–Crippen MR) is 45.9 cm³/mol. The lowest BCUT2D eigenvalue weighted by Gasteiger charge is -2.08. The van der Waals surface area contributed by atoms with Gasteiger partial charge in [0.2, 0.25) is 0 Å². The molecule has 0 aliphatic rings. The number of pyridine rings is 1. The number of nitrogen functional groups attached to an aromatic ring is 2. The van der Waals surface area contributed by atoms with Crippen LogP contribution in [0, 0.1) is 0 Å². The van der Waals surface area contributed by atoms with E-state index in [4.69, 9.17) is 17.2 Å². The van der Waals surface area contributed by atoms with Crippen molar-refractivity contribution in [2.24, 2.45) is 5.73 Å². The molecule has 1 aromatic rings. The van der Waals surface area contributed by atoms with Crippen LogP contribution in [-0.4, -0.2) is 4.98 Å². The van der Waals surface area contributed by atoms with Gasteiger partial charge in [-0.25, -0.2) is 13.8 Å². The molecule has 0 spiro atoms. The molecule has 0 radical (unpaired) electrons. The van der Waals surface area contributed by atoms with Crippen molar-refractivity contribution in [1.82, 2.24) is 4.98 Å². The van der Waals surface area contributed by atoms with Crippen molar-refractivity contribution in [3.05, 3.63) is 17.3 Å². The highest BCUT2D eigenvalue weighted by Gasteiger charge is 2.15. The van der Waals surface area contributed by atoms with Crippen LogP contribution in [0.3, 0.4) is 0 Å². The maximum absolute atomic E-state index is 12.3. The van der Waals surface area contributed by atoms with Gasteiger partial charge in [0.05, 0.1) is 11.4 Å². The molecule has 0 saturated heterocycles. The van der Waals surface area contributed by atoms with Gasteiger partial charge in [0.15, 0.2) is 0 Å². The van der Waals surface area contributed by atoms with Gasteiger partial charge in [-0.2, -0.15) is 0 Å². The number of alkyl halides is 2. The summed E-state index contributed by atoms with van der Waals surface area (Å²) in [6.07, 6.45) is -2.63. The van der Waals surface area contributed by atoms with Gasteiger partial charge in [-0.15, -0.1) is 0 Å². The van der Waals surface area contributed by atoms with Crippen LogP contribution in [0.1, 0.15) is 17.7 Å². The number of nitrogens with zero attached hydrogens (tertiary/aromatic N) is 1. The Hall–Kier alpha value is -1.43. The maximum atomic E-state index is 12.3. The summed E-state index contributed by atoms with van der Waals surface area (Å²) in [4.78, 5) is 3.66. The van der Waals surface area contributed by atoms with Crippen LogP contribution < -0.4 is 17.2 Å². The van der Waals surface area contributed by atoms with E-state index in [2.05, 4.69) is 4.98 Å². The third-order valence-corrected chi connectivity index (χ3v) is 1.62. The van der Waals surface area contributed by atoms with Gasteiger partial charge in [0, 0.05) is 12.1 Å². The highest BCUT2D eigenvalue weighted by Crippen LogP contribution is 2.25. The average Bonchev–Trinajstić information content (AvgIpc) is 2.08. The van der Waals surface area contributed by atoms with Crippen molar-refractivity contribution in [2.45, 2.75) is 13.0 Å². The zero-order valence-corrected chi connectivity index (χ0v) is 6.80. The second-order valence-corrected chi connectivity index (χ2v) is 2.50. The molecule has 4 nitrogen and oxygen atoms in total. The topological polar surface area (TPSA) is 90.9 Å². The number of hydrogen-bond donors (Lipinski definition) is 3. The molecular weight excluding hydrogens is 178 g/mol. The summed E-state index contributed by atoms with van der Waals surface area (Å²) in [5.41, 5.74) is 15.7. The Morgan fingerprint density at radius 1 is 1.38 bits per heavy atom. The van der Waals surface area contributed by atoms with Crippen molar-refractivity contribution in [2.75, 3.05) is 11.5 Å². The fourth-order valence-electron chi connectivity index (χ4n) is 0.952. The SMILES string of the molecule is NCc1nc(N)c(N)cc1C(F)F. The molecule has 1 rings (SSSR count). The van der Waals surface area contributed by atoms with Crippen LogP contribution >= 0.6 is 0 Å². The van der Waals surface area contributed by atoms with Crippen LogP contribution in [0.15, 0.2) is 6.07 Å². The minimum atomic E-state index is -2.63. The molecule has 1 aromatic heterocycles. The van der Waals surface area contributed by atoms with E-state index in [1.165, 1.54) is 0 Å². The molecule has 0 atom stereocenters. The number of aromatic nitrogens is 1. The van der Waals surface area contributed by atoms with Crippen LogP contribution in [0.2, 0.25) is 0 Å². The van der Waals surface area contributed by atoms with Crippen LogP contribution in [0.4, 0.5) is 20.3 Å². The van der Waals surface area contributed by atoms with Crippen molar-refractivity contribution in [1.29, 1.82) is 0 Å². The van der Waals surface area contributed by atoms with E-state index in [1.807, 2.05) is 0 Å². The smallest absolute Gasteiger partial charge is 0.265 e. The Labute approximate surface area is 73.7 Å². The summed E-state index contributed by atoms with van der Waals surface area (Å²) in [6, 6.07) is 1.11. The summed E-state index contributed by atoms with van der Waals surface area (Å²) in [7, 11) is 0. The lowest BCUT2D eigenvalue weighted by Crippen LogP contribution is -2.09. The number of nitrogens with two attached hydrogens (primary N) is 3. The lowest BCUT2D eigenvalue weighted by atomic mass is 10.2. The van der Waals surface area contributed by atoms with E-state index >= 15 is 0 Å². The van der Waals surface area contributed by atoms with Gasteiger partial charge >= 0.3 is 0 Å². The van der Waals surface area contributed by atoms with Crippen LogP contribution in [0.25, 0.3) is 0 Å². The second kappa shape index (κ2) is 3.53. The molecule has 72 valence electrons. The van der Waals surface area contributed by atoms with Gasteiger partial charge in [-0.1, -0.05) is 0 Å². The third kappa shape index (κ3) is 1.83. The Balaban J connectivity index is 3.25. The summed E-state index contributed by atoms with van der Waals surface area (Å²) in [5, 5.41) is 0. The fraction of sp³-hybridized carbons (Fsp3) is 0.286. The first-order chi connectivity index (χ1) is 6.06. The van der Waals surface area contributed by atoms with Crippen LogP contribution in [0.5, 0.6) is 0 Å². The first-order valence-corrected chi connectivity index (χ1v) is 3.59. The molecule has 0 aromatic carbocycles. The molecule has 6 heteroatoms. The summed E-state index contributed by atoms with van der Waals surface area (Å²) >= 11 is 0. The standard InChI is InChI=1S/C7H10F2N4/c8-6(9)3-1-4(11)7(12)13-5(3)2-10/h1,6H,2,10-11H2,(H2,12,13). The third-order valence-electron chi connectivity index (χ3n) is 1.62. The van der Waals surface area contributed by atoms with Gasteiger partial charge in [0.1, 0.15) is 5.82 Å². The monoisotopic (exact) mass is 188 g/mol. The molecule has 6 N–H and O–H groups in total. The number of rotatable bonds is 2. The second-order valence-electron chi connectivity index (χ2n) is 2.50. The first kappa shape index (κ1) is 9.66. The minimum Gasteiger partial charge on any atom is -0.396 e. The van der Waals surface area contributed by atoms with Crippen molar-refractivity contribution in [3.63, 3.8) is 0 Å². The molecule has 13 heavy (non-hydrogen) atoms. The number of halogens is 2. The first-order valence-electron chi connectivity index (χ1n) is 3.59. The van der Waals surface area contributed by atoms with Crippen molar-refractivity contribution < 1.29 is 8.78 Å². The fourth-order valence-corrected chi connectivity index (χ4v) is 0.952. The van der Waals surface area contributed by atoms with E-state index in [0.29, 0.717) is 0 Å².